The minimum absolute atomic E-state index is 0.0755. The van der Waals surface area contributed by atoms with Gasteiger partial charge in [0, 0.05) is 57.8 Å². The fourth-order valence-corrected chi connectivity index (χ4v) is 6.78. The van der Waals surface area contributed by atoms with Crippen molar-refractivity contribution in [2.24, 2.45) is 0 Å². The van der Waals surface area contributed by atoms with Gasteiger partial charge in [0.1, 0.15) is 6.33 Å². The van der Waals surface area contributed by atoms with Gasteiger partial charge in [-0.25, -0.2) is 9.97 Å². The first-order valence-electron chi connectivity index (χ1n) is 13.4. The molecule has 194 valence electrons. The number of aromatic nitrogens is 2. The zero-order valence-corrected chi connectivity index (χ0v) is 22.8. The molecular formula is C29H41N5O2. The molecule has 36 heavy (non-hydrogen) atoms. The summed E-state index contributed by atoms with van der Waals surface area (Å²) in [5.74, 6) is 0.0755. The Morgan fingerprint density at radius 1 is 1.06 bits per heavy atom. The molecule has 0 N–H and O–H groups in total. The van der Waals surface area contributed by atoms with Crippen LogP contribution < -0.4 is 0 Å². The largest absolute Gasteiger partial charge is 0.379 e. The number of benzene rings is 1. The van der Waals surface area contributed by atoms with Gasteiger partial charge >= 0.3 is 0 Å². The number of amides is 1. The van der Waals surface area contributed by atoms with Gasteiger partial charge in [-0.3, -0.25) is 14.6 Å². The Balaban J connectivity index is 1.24. The van der Waals surface area contributed by atoms with Crippen LogP contribution in [0.15, 0.2) is 24.5 Å². The number of carbonyl (C=O) groups is 1. The van der Waals surface area contributed by atoms with E-state index >= 15 is 0 Å². The number of nitrogens with zero attached hydrogens (tertiary/aromatic N) is 5. The summed E-state index contributed by atoms with van der Waals surface area (Å²) >= 11 is 0. The summed E-state index contributed by atoms with van der Waals surface area (Å²) in [5, 5.41) is 0. The zero-order chi connectivity index (χ0) is 25.6. The quantitative estimate of drug-likeness (QED) is 0.650. The first-order chi connectivity index (χ1) is 17.2. The number of hydrogen-bond acceptors (Lipinski definition) is 6. The lowest BCUT2D eigenvalue weighted by molar-refractivity contribution is -0.0561. The third kappa shape index (κ3) is 4.46. The molecule has 0 bridgehead atoms. The monoisotopic (exact) mass is 491 g/mol. The first-order valence-corrected chi connectivity index (χ1v) is 13.4. The van der Waals surface area contributed by atoms with E-state index in [4.69, 9.17) is 4.74 Å². The second kappa shape index (κ2) is 9.84. The van der Waals surface area contributed by atoms with Gasteiger partial charge in [0.2, 0.25) is 0 Å². The molecule has 2 unspecified atom stereocenters. The van der Waals surface area contributed by atoms with Crippen molar-refractivity contribution in [2.45, 2.75) is 77.6 Å². The molecule has 2 aromatic rings. The number of piperazine rings is 1. The molecule has 1 amide bonds. The average Bonchev–Trinajstić information content (AvgIpc) is 3.21. The van der Waals surface area contributed by atoms with Crippen molar-refractivity contribution in [3.63, 3.8) is 0 Å². The molecule has 0 saturated carbocycles. The summed E-state index contributed by atoms with van der Waals surface area (Å²) in [7, 11) is 1.86. The van der Waals surface area contributed by atoms with E-state index in [1.54, 1.807) is 0 Å². The van der Waals surface area contributed by atoms with Crippen LogP contribution in [-0.2, 0) is 11.2 Å². The smallest absolute Gasteiger partial charge is 0.257 e. The molecule has 3 heterocycles. The summed E-state index contributed by atoms with van der Waals surface area (Å²) < 4.78 is 6.00. The van der Waals surface area contributed by atoms with Crippen LogP contribution in [-0.4, -0.2) is 88.1 Å². The molecule has 7 heteroatoms. The van der Waals surface area contributed by atoms with E-state index in [0.29, 0.717) is 17.6 Å². The topological polar surface area (TPSA) is 61.8 Å². The Morgan fingerprint density at radius 2 is 1.75 bits per heavy atom. The third-order valence-electron chi connectivity index (χ3n) is 9.06. The molecule has 2 saturated heterocycles. The number of rotatable bonds is 4. The highest BCUT2D eigenvalue weighted by Gasteiger charge is 2.44. The number of hydrogen-bond donors (Lipinski definition) is 0. The van der Waals surface area contributed by atoms with Crippen molar-refractivity contribution in [3.8, 4) is 0 Å². The molecule has 0 radical (unpaired) electrons. The van der Waals surface area contributed by atoms with Crippen LogP contribution in [0.1, 0.15) is 71.2 Å². The maximum Gasteiger partial charge on any atom is 0.257 e. The second-order valence-electron chi connectivity index (χ2n) is 11.4. The van der Waals surface area contributed by atoms with Gasteiger partial charge < -0.3 is 9.64 Å². The van der Waals surface area contributed by atoms with Gasteiger partial charge in [-0.05, 0) is 58.6 Å². The van der Waals surface area contributed by atoms with E-state index in [1.807, 2.05) is 25.9 Å². The predicted molar refractivity (Wildman–Crippen MR) is 141 cm³/mol. The minimum Gasteiger partial charge on any atom is -0.379 e. The van der Waals surface area contributed by atoms with E-state index < -0.39 is 0 Å². The average molecular weight is 492 g/mol. The number of aryl methyl sites for hydroxylation is 3. The molecule has 1 aromatic heterocycles. The maximum absolute atomic E-state index is 13.3. The van der Waals surface area contributed by atoms with Crippen LogP contribution in [0, 0.1) is 20.8 Å². The van der Waals surface area contributed by atoms with Crippen LogP contribution in [0.3, 0.4) is 0 Å². The highest BCUT2D eigenvalue weighted by molar-refractivity contribution is 5.96. The van der Waals surface area contributed by atoms with Gasteiger partial charge in [-0.1, -0.05) is 23.8 Å². The predicted octanol–water partition coefficient (Wildman–Crippen LogP) is 3.72. The lowest BCUT2D eigenvalue weighted by Gasteiger charge is -2.53. The molecule has 5 rings (SSSR count). The summed E-state index contributed by atoms with van der Waals surface area (Å²) in [6.07, 6.45) is 4.73. The van der Waals surface area contributed by atoms with Crippen LogP contribution in [0.2, 0.25) is 0 Å². The lowest BCUT2D eigenvalue weighted by Crippen LogP contribution is -2.62. The number of ether oxygens (including phenoxy) is 1. The zero-order valence-electron chi connectivity index (χ0n) is 22.8. The van der Waals surface area contributed by atoms with Crippen LogP contribution in [0.25, 0.3) is 0 Å². The summed E-state index contributed by atoms with van der Waals surface area (Å²) in [6.45, 7) is 15.4. The van der Waals surface area contributed by atoms with Gasteiger partial charge in [0.05, 0.1) is 29.1 Å². The first kappa shape index (κ1) is 25.3. The van der Waals surface area contributed by atoms with Gasteiger partial charge in [-0.2, -0.15) is 0 Å². The standard InChI is InChI=1S/C29H41N5O2/c1-19-7-8-24-23(15-19)16-25(36-6)27(24)34-14-13-33(17-20(34)2)29(5)9-11-32(12-10-29)28(35)26-21(3)30-18-31-22(26)4/h7-8,15,18,20,25,27H,9-14,16-17H2,1-6H3/t20-,25?,27?/m0/s1. The van der Waals surface area contributed by atoms with Crippen molar-refractivity contribution >= 4 is 5.91 Å². The molecule has 1 aromatic carbocycles. The van der Waals surface area contributed by atoms with Crippen molar-refractivity contribution in [1.82, 2.24) is 24.7 Å². The number of likely N-dealkylation sites (tertiary alicyclic amines) is 1. The molecule has 3 aliphatic rings. The SMILES string of the molecule is COC1Cc2cc(C)ccc2C1N1CCN(C2(C)CCN(C(=O)c3c(C)ncnc3C)CC2)C[C@@H]1C. The Hall–Kier alpha value is -2.35. The number of carbonyl (C=O) groups excluding carboxylic acids is 1. The highest BCUT2D eigenvalue weighted by atomic mass is 16.5. The molecule has 7 nitrogen and oxygen atoms in total. The van der Waals surface area contributed by atoms with E-state index in [1.165, 1.54) is 23.0 Å². The van der Waals surface area contributed by atoms with Crippen LogP contribution in [0.5, 0.6) is 0 Å². The molecule has 2 fully saturated rings. The molecule has 1 aliphatic carbocycles. The Morgan fingerprint density at radius 3 is 2.39 bits per heavy atom. The van der Waals surface area contributed by atoms with E-state index in [0.717, 1.165) is 63.4 Å². The van der Waals surface area contributed by atoms with E-state index in [2.05, 4.69) is 58.7 Å². The fraction of sp³-hybridized carbons (Fsp3) is 0.621. The Bertz CT molecular complexity index is 1110. The highest BCUT2D eigenvalue weighted by Crippen LogP contribution is 2.41. The number of piperidine rings is 1. The van der Waals surface area contributed by atoms with Crippen molar-refractivity contribution < 1.29 is 9.53 Å². The van der Waals surface area contributed by atoms with Crippen LogP contribution >= 0.6 is 0 Å². The molecular weight excluding hydrogens is 450 g/mol. The van der Waals surface area contributed by atoms with E-state index in [-0.39, 0.29) is 17.6 Å². The van der Waals surface area contributed by atoms with Crippen molar-refractivity contribution in [3.05, 3.63) is 58.2 Å². The number of fused-ring (bicyclic) bond motifs is 1. The fourth-order valence-electron chi connectivity index (χ4n) is 6.78. The van der Waals surface area contributed by atoms with Crippen molar-refractivity contribution in [2.75, 3.05) is 39.8 Å². The molecule has 3 atom stereocenters. The lowest BCUT2D eigenvalue weighted by atomic mass is 9.86. The molecule has 2 aliphatic heterocycles. The molecule has 0 spiro atoms. The second-order valence-corrected chi connectivity index (χ2v) is 11.4. The Labute approximate surface area is 215 Å². The third-order valence-corrected chi connectivity index (χ3v) is 9.06. The van der Waals surface area contributed by atoms with Crippen LogP contribution in [0.4, 0.5) is 0 Å². The normalized spacial score (nSPS) is 26.7. The Kier molecular flexibility index (Phi) is 6.92. The van der Waals surface area contributed by atoms with Crippen molar-refractivity contribution in [1.29, 1.82) is 0 Å². The van der Waals surface area contributed by atoms with Gasteiger partial charge in [-0.15, -0.1) is 0 Å². The summed E-state index contributed by atoms with van der Waals surface area (Å²) in [5.41, 5.74) is 6.53. The number of methoxy groups -OCH3 is 1. The van der Waals surface area contributed by atoms with Gasteiger partial charge in [0.15, 0.2) is 0 Å². The summed E-state index contributed by atoms with van der Waals surface area (Å²) in [4.78, 5) is 29.1. The maximum atomic E-state index is 13.3. The summed E-state index contributed by atoms with van der Waals surface area (Å²) in [6, 6.07) is 7.67. The minimum atomic E-state index is 0.0755. The van der Waals surface area contributed by atoms with E-state index in [9.17, 15) is 4.79 Å². The van der Waals surface area contributed by atoms with Gasteiger partial charge in [0.25, 0.3) is 5.91 Å².